The molecule has 0 aromatic heterocycles. The second-order valence-corrected chi connectivity index (χ2v) is 4.88. The maximum absolute atomic E-state index is 12.1. The Balaban J connectivity index is 2.25. The quantitative estimate of drug-likeness (QED) is 0.616. The van der Waals surface area contributed by atoms with Crippen LogP contribution in [0, 0.1) is 5.41 Å². The van der Waals surface area contributed by atoms with Crippen LogP contribution < -0.4 is 4.74 Å². The van der Waals surface area contributed by atoms with Gasteiger partial charge in [0.25, 0.3) is 0 Å². The first kappa shape index (κ1) is 13.6. The summed E-state index contributed by atoms with van der Waals surface area (Å²) < 4.78 is 9.94. The molecule has 0 aliphatic heterocycles. The van der Waals surface area contributed by atoms with E-state index in [0.717, 1.165) is 17.7 Å². The fourth-order valence-corrected chi connectivity index (χ4v) is 2.69. The first-order chi connectivity index (χ1) is 9.12. The van der Waals surface area contributed by atoms with Crippen LogP contribution in [0.4, 0.5) is 0 Å². The number of hydrogen-bond donors (Lipinski definition) is 0. The minimum atomic E-state index is -0.983. The van der Waals surface area contributed by atoms with Crippen LogP contribution in [-0.4, -0.2) is 26.0 Å². The van der Waals surface area contributed by atoms with Crippen molar-refractivity contribution in [2.24, 2.45) is 5.41 Å². The van der Waals surface area contributed by atoms with Gasteiger partial charge in [-0.3, -0.25) is 9.59 Å². The molecule has 19 heavy (non-hydrogen) atoms. The van der Waals surface area contributed by atoms with Gasteiger partial charge < -0.3 is 9.47 Å². The molecule has 1 saturated carbocycles. The number of benzene rings is 1. The Hall–Kier alpha value is -1.84. The first-order valence-corrected chi connectivity index (χ1v) is 6.37. The minimum Gasteiger partial charge on any atom is -0.497 e. The number of esters is 1. The lowest BCUT2D eigenvalue weighted by Crippen LogP contribution is -2.38. The molecule has 0 N–H and O–H groups in total. The molecule has 4 heteroatoms. The molecule has 2 rings (SSSR count). The molecule has 1 fully saturated rings. The number of rotatable bonds is 4. The molecule has 102 valence electrons. The standard InChI is InChI=1S/C15H18O4/c1-18-12-7-5-11(6-8-12)10-15(14(17)19-2)9-3-4-13(15)16/h5-8H,3-4,9-10H2,1-2H3. The molecule has 1 atom stereocenters. The molecule has 4 nitrogen and oxygen atoms in total. The van der Waals surface area contributed by atoms with Crippen LogP contribution in [0.5, 0.6) is 5.75 Å². The Morgan fingerprint density at radius 2 is 1.95 bits per heavy atom. The number of ether oxygens (including phenoxy) is 2. The van der Waals surface area contributed by atoms with Gasteiger partial charge in [0, 0.05) is 6.42 Å². The fraction of sp³-hybridized carbons (Fsp3) is 0.467. The molecular weight excluding hydrogens is 244 g/mol. The fourth-order valence-electron chi connectivity index (χ4n) is 2.69. The highest BCUT2D eigenvalue weighted by Crippen LogP contribution is 2.39. The Morgan fingerprint density at radius 3 is 2.42 bits per heavy atom. The Labute approximate surface area is 112 Å². The van der Waals surface area contributed by atoms with Crippen LogP contribution in [0.1, 0.15) is 24.8 Å². The molecule has 0 saturated heterocycles. The number of hydrogen-bond acceptors (Lipinski definition) is 4. The van der Waals surface area contributed by atoms with Crippen molar-refractivity contribution in [1.82, 2.24) is 0 Å². The lowest BCUT2D eigenvalue weighted by atomic mass is 9.79. The van der Waals surface area contributed by atoms with E-state index < -0.39 is 11.4 Å². The van der Waals surface area contributed by atoms with Crippen molar-refractivity contribution in [3.05, 3.63) is 29.8 Å². The third-order valence-electron chi connectivity index (χ3n) is 3.78. The molecule has 0 spiro atoms. The monoisotopic (exact) mass is 262 g/mol. The van der Waals surface area contributed by atoms with Gasteiger partial charge in [0.15, 0.2) is 5.78 Å². The van der Waals surface area contributed by atoms with Crippen molar-refractivity contribution in [2.75, 3.05) is 14.2 Å². The summed E-state index contributed by atoms with van der Waals surface area (Å²) in [6, 6.07) is 7.43. The molecule has 0 radical (unpaired) electrons. The van der Waals surface area contributed by atoms with E-state index in [2.05, 4.69) is 0 Å². The van der Waals surface area contributed by atoms with Crippen LogP contribution in [0.2, 0.25) is 0 Å². The molecule has 1 aromatic rings. The van der Waals surface area contributed by atoms with Crippen LogP contribution in [0.15, 0.2) is 24.3 Å². The summed E-state index contributed by atoms with van der Waals surface area (Å²) in [4.78, 5) is 24.1. The van der Waals surface area contributed by atoms with Gasteiger partial charge in [0.05, 0.1) is 14.2 Å². The second kappa shape index (κ2) is 5.43. The summed E-state index contributed by atoms with van der Waals surface area (Å²) in [5, 5.41) is 0. The molecule has 0 bridgehead atoms. The summed E-state index contributed by atoms with van der Waals surface area (Å²) in [5.41, 5.74) is -0.0370. The van der Waals surface area contributed by atoms with E-state index in [1.807, 2.05) is 24.3 Å². The zero-order chi connectivity index (χ0) is 13.9. The van der Waals surface area contributed by atoms with Crippen molar-refractivity contribution in [1.29, 1.82) is 0 Å². The highest BCUT2D eigenvalue weighted by atomic mass is 16.5. The van der Waals surface area contributed by atoms with Crippen molar-refractivity contribution in [2.45, 2.75) is 25.7 Å². The topological polar surface area (TPSA) is 52.6 Å². The van der Waals surface area contributed by atoms with Gasteiger partial charge in [-0.05, 0) is 37.0 Å². The van der Waals surface area contributed by atoms with Crippen LogP contribution in [0.3, 0.4) is 0 Å². The van der Waals surface area contributed by atoms with Gasteiger partial charge in [-0.15, -0.1) is 0 Å². The van der Waals surface area contributed by atoms with Gasteiger partial charge >= 0.3 is 5.97 Å². The number of Topliss-reactive ketones (excluding diaryl/α,β-unsaturated/α-hetero) is 1. The van der Waals surface area contributed by atoms with Crippen LogP contribution >= 0.6 is 0 Å². The predicted molar refractivity (Wildman–Crippen MR) is 70.0 cm³/mol. The van der Waals surface area contributed by atoms with E-state index in [9.17, 15) is 9.59 Å². The van der Waals surface area contributed by atoms with Crippen LogP contribution in [0.25, 0.3) is 0 Å². The molecule has 1 unspecified atom stereocenters. The molecule has 1 aliphatic rings. The lowest BCUT2D eigenvalue weighted by molar-refractivity contribution is -0.156. The van der Waals surface area contributed by atoms with Gasteiger partial charge in [-0.25, -0.2) is 0 Å². The molecule has 1 aliphatic carbocycles. The summed E-state index contributed by atoms with van der Waals surface area (Å²) in [6.45, 7) is 0. The van der Waals surface area contributed by atoms with E-state index in [1.54, 1.807) is 7.11 Å². The average molecular weight is 262 g/mol. The average Bonchev–Trinajstić information content (AvgIpc) is 2.81. The lowest BCUT2D eigenvalue weighted by Gasteiger charge is -2.24. The van der Waals surface area contributed by atoms with E-state index in [4.69, 9.17) is 9.47 Å². The van der Waals surface area contributed by atoms with Gasteiger partial charge in [-0.2, -0.15) is 0 Å². The predicted octanol–water partition coefficient (Wildman–Crippen LogP) is 2.15. The number of methoxy groups -OCH3 is 2. The summed E-state index contributed by atoms with van der Waals surface area (Å²) in [6.07, 6.45) is 2.20. The van der Waals surface area contributed by atoms with E-state index in [1.165, 1.54) is 7.11 Å². The summed E-state index contributed by atoms with van der Waals surface area (Å²) >= 11 is 0. The summed E-state index contributed by atoms with van der Waals surface area (Å²) in [7, 11) is 2.94. The van der Waals surface area contributed by atoms with Crippen molar-refractivity contribution in [3.63, 3.8) is 0 Å². The smallest absolute Gasteiger partial charge is 0.319 e. The maximum Gasteiger partial charge on any atom is 0.319 e. The largest absolute Gasteiger partial charge is 0.497 e. The van der Waals surface area contributed by atoms with Crippen molar-refractivity contribution >= 4 is 11.8 Å². The number of carbonyl (C=O) groups is 2. The normalized spacial score (nSPS) is 22.3. The van der Waals surface area contributed by atoms with Gasteiger partial charge in [0.2, 0.25) is 0 Å². The third kappa shape index (κ3) is 2.48. The third-order valence-corrected chi connectivity index (χ3v) is 3.78. The number of ketones is 1. The Kier molecular flexibility index (Phi) is 3.88. The molecule has 0 heterocycles. The van der Waals surface area contributed by atoms with Crippen molar-refractivity contribution in [3.8, 4) is 5.75 Å². The van der Waals surface area contributed by atoms with Crippen LogP contribution in [-0.2, 0) is 20.7 Å². The maximum atomic E-state index is 12.1. The van der Waals surface area contributed by atoms with E-state index in [0.29, 0.717) is 19.3 Å². The summed E-state index contributed by atoms with van der Waals surface area (Å²) in [5.74, 6) is 0.342. The Bertz CT molecular complexity index is 477. The molecule has 1 aromatic carbocycles. The van der Waals surface area contributed by atoms with Gasteiger partial charge in [-0.1, -0.05) is 12.1 Å². The SMILES string of the molecule is COC(=O)C1(Cc2ccc(OC)cc2)CCCC1=O. The molecule has 0 amide bonds. The van der Waals surface area contributed by atoms with Gasteiger partial charge in [0.1, 0.15) is 11.2 Å². The highest BCUT2D eigenvalue weighted by Gasteiger charge is 2.49. The Morgan fingerprint density at radius 1 is 1.26 bits per heavy atom. The second-order valence-electron chi connectivity index (χ2n) is 4.88. The highest BCUT2D eigenvalue weighted by molar-refractivity contribution is 6.05. The zero-order valence-corrected chi connectivity index (χ0v) is 11.3. The zero-order valence-electron chi connectivity index (χ0n) is 11.3. The van der Waals surface area contributed by atoms with E-state index in [-0.39, 0.29) is 5.78 Å². The van der Waals surface area contributed by atoms with Crippen molar-refractivity contribution < 1.29 is 19.1 Å². The minimum absolute atomic E-state index is 0.00447. The van der Waals surface area contributed by atoms with E-state index >= 15 is 0 Å². The number of carbonyl (C=O) groups excluding carboxylic acids is 2. The molecular formula is C15H18O4. The first-order valence-electron chi connectivity index (χ1n) is 6.37.